The third-order valence-electron chi connectivity index (χ3n) is 3.03. The van der Waals surface area contributed by atoms with E-state index in [1.807, 2.05) is 0 Å². The molecule has 0 amide bonds. The summed E-state index contributed by atoms with van der Waals surface area (Å²) in [6.45, 7) is 6.27. The highest BCUT2D eigenvalue weighted by Gasteiger charge is 2.04. The second-order valence-electron chi connectivity index (χ2n) is 4.46. The molecule has 0 aromatic heterocycles. The zero-order valence-electron chi connectivity index (χ0n) is 12.2. The number of likely N-dealkylation sites (N-methyl/N-ethyl adjacent to an activating group) is 1. The van der Waals surface area contributed by atoms with Crippen LogP contribution in [0.2, 0.25) is 0 Å². The topological polar surface area (TPSA) is 59.0 Å². The van der Waals surface area contributed by atoms with E-state index >= 15 is 0 Å². The summed E-state index contributed by atoms with van der Waals surface area (Å²) in [6.07, 6.45) is 0.898. The van der Waals surface area contributed by atoms with Gasteiger partial charge in [0, 0.05) is 20.2 Å². The maximum atomic E-state index is 10.8. The van der Waals surface area contributed by atoms with Crippen LogP contribution in [-0.4, -0.2) is 55.9 Å². The molecule has 1 rings (SSSR count). The zero-order chi connectivity index (χ0) is 14.8. The maximum Gasteiger partial charge on any atom is 0.335 e. The van der Waals surface area contributed by atoms with Gasteiger partial charge >= 0.3 is 5.97 Å². The number of aromatic carboxylic acids is 1. The number of methoxy groups -OCH3 is 1. The molecule has 1 aromatic carbocycles. The molecular weight excluding hydrogens is 258 g/mol. The standard InChI is InChI=1S/C15H23NO4/c1-3-16(9-11-19-2)8-5-10-20-14-7-4-6-13(12-14)15(17)18/h4,6-7,12H,3,5,8-11H2,1-2H3,(H,17,18). The lowest BCUT2D eigenvalue weighted by Gasteiger charge is -2.19. The lowest BCUT2D eigenvalue weighted by molar-refractivity contribution is 0.0696. The average molecular weight is 281 g/mol. The molecule has 0 radical (unpaired) electrons. The molecule has 0 aliphatic rings. The van der Waals surface area contributed by atoms with Crippen LogP contribution in [-0.2, 0) is 4.74 Å². The first-order chi connectivity index (χ1) is 9.67. The Morgan fingerprint density at radius 2 is 2.10 bits per heavy atom. The van der Waals surface area contributed by atoms with Gasteiger partial charge in [0.05, 0.1) is 18.8 Å². The summed E-state index contributed by atoms with van der Waals surface area (Å²) < 4.78 is 10.6. The fourth-order valence-electron chi connectivity index (χ4n) is 1.85. The van der Waals surface area contributed by atoms with E-state index < -0.39 is 5.97 Å². The molecule has 0 fully saturated rings. The van der Waals surface area contributed by atoms with E-state index in [4.69, 9.17) is 14.6 Å². The summed E-state index contributed by atoms with van der Waals surface area (Å²) in [6, 6.07) is 6.56. The molecule has 0 bridgehead atoms. The zero-order valence-corrected chi connectivity index (χ0v) is 12.2. The van der Waals surface area contributed by atoms with Gasteiger partial charge in [0.2, 0.25) is 0 Å². The predicted octanol–water partition coefficient (Wildman–Crippen LogP) is 2.12. The van der Waals surface area contributed by atoms with E-state index in [2.05, 4.69) is 11.8 Å². The molecule has 112 valence electrons. The van der Waals surface area contributed by atoms with Crippen molar-refractivity contribution >= 4 is 5.97 Å². The number of benzene rings is 1. The number of carbonyl (C=O) groups is 1. The molecule has 0 unspecified atom stereocenters. The van der Waals surface area contributed by atoms with Crippen molar-refractivity contribution in [2.75, 3.05) is 40.0 Å². The third-order valence-corrected chi connectivity index (χ3v) is 3.03. The number of nitrogens with zero attached hydrogens (tertiary/aromatic N) is 1. The molecule has 5 nitrogen and oxygen atoms in total. The molecule has 0 saturated heterocycles. The number of hydrogen-bond acceptors (Lipinski definition) is 4. The van der Waals surface area contributed by atoms with Crippen LogP contribution in [0, 0.1) is 0 Å². The summed E-state index contributed by atoms with van der Waals surface area (Å²) in [5.74, 6) is -0.336. The van der Waals surface area contributed by atoms with Crippen molar-refractivity contribution in [1.82, 2.24) is 4.90 Å². The number of carboxylic acid groups (broad SMARTS) is 1. The Kier molecular flexibility index (Phi) is 7.69. The quantitative estimate of drug-likeness (QED) is 0.666. The highest BCUT2D eigenvalue weighted by atomic mass is 16.5. The maximum absolute atomic E-state index is 10.8. The molecule has 1 N–H and O–H groups in total. The third kappa shape index (κ3) is 6.04. The van der Waals surface area contributed by atoms with E-state index in [1.165, 1.54) is 0 Å². The first-order valence-electron chi connectivity index (χ1n) is 6.84. The summed E-state index contributed by atoms with van der Waals surface area (Å²) >= 11 is 0. The monoisotopic (exact) mass is 281 g/mol. The van der Waals surface area contributed by atoms with Crippen LogP contribution >= 0.6 is 0 Å². The van der Waals surface area contributed by atoms with Crippen molar-refractivity contribution in [3.8, 4) is 5.75 Å². The van der Waals surface area contributed by atoms with Gasteiger partial charge < -0.3 is 19.5 Å². The summed E-state index contributed by atoms with van der Waals surface area (Å²) in [7, 11) is 1.70. The van der Waals surface area contributed by atoms with Gasteiger partial charge in [-0.2, -0.15) is 0 Å². The molecule has 1 aromatic rings. The van der Waals surface area contributed by atoms with Crippen molar-refractivity contribution in [1.29, 1.82) is 0 Å². The van der Waals surface area contributed by atoms with Crippen LogP contribution in [0.15, 0.2) is 24.3 Å². The Morgan fingerprint density at radius 1 is 1.30 bits per heavy atom. The molecule has 0 heterocycles. The SMILES string of the molecule is CCN(CCCOc1cccc(C(=O)O)c1)CCOC. The average Bonchev–Trinajstić information content (AvgIpc) is 2.47. The van der Waals surface area contributed by atoms with Gasteiger partial charge in [-0.15, -0.1) is 0 Å². The molecule has 0 saturated carbocycles. The van der Waals surface area contributed by atoms with E-state index in [1.54, 1.807) is 31.4 Å². The highest BCUT2D eigenvalue weighted by Crippen LogP contribution is 2.13. The van der Waals surface area contributed by atoms with Crippen molar-refractivity contribution in [2.45, 2.75) is 13.3 Å². The Labute approximate surface area is 120 Å². The van der Waals surface area contributed by atoms with Crippen LogP contribution in [0.4, 0.5) is 0 Å². The van der Waals surface area contributed by atoms with Crippen molar-refractivity contribution < 1.29 is 19.4 Å². The van der Waals surface area contributed by atoms with Crippen LogP contribution < -0.4 is 4.74 Å². The Balaban J connectivity index is 2.29. The van der Waals surface area contributed by atoms with Gasteiger partial charge in [-0.3, -0.25) is 0 Å². The van der Waals surface area contributed by atoms with Gasteiger partial charge in [-0.25, -0.2) is 4.79 Å². The van der Waals surface area contributed by atoms with E-state index in [0.717, 1.165) is 32.7 Å². The first-order valence-corrected chi connectivity index (χ1v) is 6.84. The van der Waals surface area contributed by atoms with Gasteiger partial charge in [0.15, 0.2) is 0 Å². The molecule has 0 aliphatic carbocycles. The summed E-state index contributed by atoms with van der Waals surface area (Å²) in [5.41, 5.74) is 0.248. The Bertz CT molecular complexity index is 409. The Morgan fingerprint density at radius 3 is 2.75 bits per heavy atom. The second-order valence-corrected chi connectivity index (χ2v) is 4.46. The number of hydrogen-bond donors (Lipinski definition) is 1. The van der Waals surface area contributed by atoms with Crippen molar-refractivity contribution in [2.24, 2.45) is 0 Å². The summed E-state index contributed by atoms with van der Waals surface area (Å²) in [5, 5.41) is 8.89. The van der Waals surface area contributed by atoms with Crippen LogP contribution in [0.25, 0.3) is 0 Å². The highest BCUT2D eigenvalue weighted by molar-refractivity contribution is 5.87. The molecular formula is C15H23NO4. The smallest absolute Gasteiger partial charge is 0.335 e. The minimum Gasteiger partial charge on any atom is -0.494 e. The van der Waals surface area contributed by atoms with E-state index in [0.29, 0.717) is 12.4 Å². The number of carboxylic acids is 1. The van der Waals surface area contributed by atoms with Gasteiger partial charge in [-0.1, -0.05) is 13.0 Å². The lowest BCUT2D eigenvalue weighted by Crippen LogP contribution is -2.29. The molecule has 20 heavy (non-hydrogen) atoms. The van der Waals surface area contributed by atoms with Gasteiger partial charge in [0.25, 0.3) is 0 Å². The van der Waals surface area contributed by atoms with Gasteiger partial charge in [0.1, 0.15) is 5.75 Å². The second kappa shape index (κ2) is 9.34. The fraction of sp³-hybridized carbons (Fsp3) is 0.533. The minimum absolute atomic E-state index is 0.248. The largest absolute Gasteiger partial charge is 0.494 e. The predicted molar refractivity (Wildman–Crippen MR) is 77.5 cm³/mol. The van der Waals surface area contributed by atoms with Crippen LogP contribution in [0.3, 0.4) is 0 Å². The van der Waals surface area contributed by atoms with Crippen molar-refractivity contribution in [3.05, 3.63) is 29.8 Å². The Hall–Kier alpha value is -1.59. The van der Waals surface area contributed by atoms with Gasteiger partial charge in [-0.05, 0) is 31.2 Å². The minimum atomic E-state index is -0.938. The first kappa shape index (κ1) is 16.5. The molecule has 0 aliphatic heterocycles. The van der Waals surface area contributed by atoms with Crippen molar-refractivity contribution in [3.63, 3.8) is 0 Å². The number of rotatable bonds is 10. The number of ether oxygens (including phenoxy) is 2. The van der Waals surface area contributed by atoms with Crippen LogP contribution in [0.5, 0.6) is 5.75 Å². The molecule has 5 heteroatoms. The van der Waals surface area contributed by atoms with E-state index in [9.17, 15) is 4.79 Å². The van der Waals surface area contributed by atoms with E-state index in [-0.39, 0.29) is 5.56 Å². The molecule has 0 atom stereocenters. The lowest BCUT2D eigenvalue weighted by atomic mass is 10.2. The fourth-order valence-corrected chi connectivity index (χ4v) is 1.85. The normalized spacial score (nSPS) is 10.8. The molecule has 0 spiro atoms. The van der Waals surface area contributed by atoms with Crippen LogP contribution in [0.1, 0.15) is 23.7 Å². The summed E-state index contributed by atoms with van der Waals surface area (Å²) in [4.78, 5) is 13.1.